The normalized spacial score (nSPS) is 23.0. The first-order valence-electron chi connectivity index (χ1n) is 7.93. The van der Waals surface area contributed by atoms with E-state index in [-0.39, 0.29) is 17.6 Å². The third-order valence-corrected chi connectivity index (χ3v) is 4.20. The van der Waals surface area contributed by atoms with E-state index in [1.165, 1.54) is 12.8 Å². The van der Waals surface area contributed by atoms with E-state index in [1.54, 1.807) is 6.92 Å². The number of allylic oxidation sites excluding steroid dienone is 3. The Hall–Kier alpha value is -1.78. The van der Waals surface area contributed by atoms with Crippen LogP contribution in [0.4, 0.5) is 0 Å². The number of carbonyl (C=O) groups is 2. The number of nitrogens with zero attached hydrogens (tertiary/aromatic N) is 1. The van der Waals surface area contributed by atoms with Crippen LogP contribution in [0.3, 0.4) is 0 Å². The van der Waals surface area contributed by atoms with Crippen LogP contribution in [0.1, 0.15) is 46.5 Å². The van der Waals surface area contributed by atoms with Gasteiger partial charge in [-0.1, -0.05) is 13.8 Å². The number of carbonyl (C=O) groups excluding carboxylic acids is 1. The molecular weight excluding hydrogens is 282 g/mol. The van der Waals surface area contributed by atoms with Gasteiger partial charge in [-0.3, -0.25) is 0 Å². The van der Waals surface area contributed by atoms with E-state index in [0.717, 1.165) is 25.2 Å². The van der Waals surface area contributed by atoms with Crippen LogP contribution in [-0.2, 0) is 14.3 Å². The fourth-order valence-corrected chi connectivity index (χ4v) is 3.30. The average Bonchev–Trinajstić information content (AvgIpc) is 2.90. The summed E-state index contributed by atoms with van der Waals surface area (Å²) in [6.45, 7) is 8.10. The molecule has 0 spiro atoms. The molecule has 0 amide bonds. The highest BCUT2D eigenvalue weighted by molar-refractivity contribution is 6.14. The molecule has 0 aromatic heterocycles. The highest BCUT2D eigenvalue weighted by atomic mass is 16.5. The number of hydrogen-bond acceptors (Lipinski definition) is 4. The third-order valence-electron chi connectivity index (χ3n) is 4.20. The zero-order valence-corrected chi connectivity index (χ0v) is 13.6. The minimum absolute atomic E-state index is 0.0603. The average molecular weight is 307 g/mol. The lowest BCUT2D eigenvalue weighted by atomic mass is 9.75. The molecular formula is C17H25NO4. The van der Waals surface area contributed by atoms with Crippen molar-refractivity contribution in [3.05, 3.63) is 22.9 Å². The fraction of sp³-hybridized carbons (Fsp3) is 0.647. The van der Waals surface area contributed by atoms with Gasteiger partial charge in [0.05, 0.1) is 6.61 Å². The minimum atomic E-state index is -1.21. The number of aliphatic carboxylic acids is 1. The van der Waals surface area contributed by atoms with Gasteiger partial charge in [0.25, 0.3) is 0 Å². The maximum atomic E-state index is 12.0. The van der Waals surface area contributed by atoms with Crippen LogP contribution in [-0.4, -0.2) is 41.6 Å². The number of esters is 1. The number of carboxylic acids is 1. The Labute approximate surface area is 131 Å². The van der Waals surface area contributed by atoms with E-state index in [1.807, 2.05) is 6.08 Å². The Balaban J connectivity index is 2.43. The molecule has 0 atom stereocenters. The van der Waals surface area contributed by atoms with Gasteiger partial charge in [-0.15, -0.1) is 0 Å². The molecule has 2 aliphatic rings. The van der Waals surface area contributed by atoms with Crippen molar-refractivity contribution >= 4 is 11.9 Å². The topological polar surface area (TPSA) is 66.8 Å². The van der Waals surface area contributed by atoms with Gasteiger partial charge in [0.2, 0.25) is 0 Å². The highest BCUT2D eigenvalue weighted by Gasteiger charge is 2.33. The van der Waals surface area contributed by atoms with Crippen molar-refractivity contribution in [3.8, 4) is 0 Å². The van der Waals surface area contributed by atoms with Crippen molar-refractivity contribution in [1.29, 1.82) is 0 Å². The molecule has 0 unspecified atom stereocenters. The summed E-state index contributed by atoms with van der Waals surface area (Å²) in [4.78, 5) is 25.9. The second-order valence-corrected chi connectivity index (χ2v) is 6.77. The van der Waals surface area contributed by atoms with Crippen LogP contribution in [0, 0.1) is 5.41 Å². The SMILES string of the molecule is CCOC(=O)C(C(=O)O)=C1C=C(N2CCCC2)CC(C)(C)C1. The van der Waals surface area contributed by atoms with Crippen molar-refractivity contribution in [2.45, 2.75) is 46.5 Å². The van der Waals surface area contributed by atoms with E-state index >= 15 is 0 Å². The lowest BCUT2D eigenvalue weighted by molar-refractivity contribution is -0.144. The van der Waals surface area contributed by atoms with Gasteiger partial charge in [0.1, 0.15) is 5.57 Å². The van der Waals surface area contributed by atoms with E-state index in [0.29, 0.717) is 12.0 Å². The molecule has 22 heavy (non-hydrogen) atoms. The number of ether oxygens (including phenoxy) is 1. The smallest absolute Gasteiger partial charge is 0.345 e. The summed E-state index contributed by atoms with van der Waals surface area (Å²) in [5, 5.41) is 9.44. The first-order valence-corrected chi connectivity index (χ1v) is 7.93. The quantitative estimate of drug-likeness (QED) is 0.374. The van der Waals surface area contributed by atoms with Crippen molar-refractivity contribution in [3.63, 3.8) is 0 Å². The van der Waals surface area contributed by atoms with E-state index in [9.17, 15) is 14.7 Å². The van der Waals surface area contributed by atoms with E-state index in [4.69, 9.17) is 4.74 Å². The maximum absolute atomic E-state index is 12.0. The van der Waals surface area contributed by atoms with Crippen LogP contribution >= 0.6 is 0 Å². The molecule has 1 aliphatic heterocycles. The summed E-state index contributed by atoms with van der Waals surface area (Å²) in [6, 6.07) is 0. The number of likely N-dealkylation sites (tertiary alicyclic amines) is 1. The molecule has 1 aliphatic carbocycles. The summed E-state index contributed by atoms with van der Waals surface area (Å²) in [6.07, 6.45) is 5.72. The van der Waals surface area contributed by atoms with Crippen LogP contribution in [0.5, 0.6) is 0 Å². The van der Waals surface area contributed by atoms with Crippen molar-refractivity contribution < 1.29 is 19.4 Å². The number of carboxylic acid groups (broad SMARTS) is 1. The summed E-state index contributed by atoms with van der Waals surface area (Å²) in [7, 11) is 0. The molecule has 1 saturated heterocycles. The van der Waals surface area contributed by atoms with Gasteiger partial charge in [-0.05, 0) is 49.7 Å². The molecule has 5 nitrogen and oxygen atoms in total. The third kappa shape index (κ3) is 3.70. The molecule has 1 fully saturated rings. The highest BCUT2D eigenvalue weighted by Crippen LogP contribution is 2.41. The predicted octanol–water partition coefficient (Wildman–Crippen LogP) is 2.73. The van der Waals surface area contributed by atoms with Crippen molar-refractivity contribution in [1.82, 2.24) is 4.90 Å². The molecule has 0 bridgehead atoms. The number of hydrogen-bond donors (Lipinski definition) is 1. The largest absolute Gasteiger partial charge is 0.477 e. The van der Waals surface area contributed by atoms with Crippen LogP contribution in [0.2, 0.25) is 0 Å². The number of rotatable bonds is 4. The molecule has 0 aromatic carbocycles. The van der Waals surface area contributed by atoms with E-state index < -0.39 is 11.9 Å². The van der Waals surface area contributed by atoms with Gasteiger partial charge in [0.15, 0.2) is 0 Å². The fourth-order valence-electron chi connectivity index (χ4n) is 3.30. The van der Waals surface area contributed by atoms with Gasteiger partial charge in [-0.2, -0.15) is 0 Å². The van der Waals surface area contributed by atoms with Gasteiger partial charge < -0.3 is 14.7 Å². The van der Waals surface area contributed by atoms with Crippen LogP contribution < -0.4 is 0 Å². The standard InChI is InChI=1S/C17H25NO4/c1-4-22-16(21)14(15(19)20)12-9-13(11-17(2,3)10-12)18-7-5-6-8-18/h9H,4-8,10-11H2,1-3H3,(H,19,20). The molecule has 0 aromatic rings. The summed E-state index contributed by atoms with van der Waals surface area (Å²) >= 11 is 0. The second-order valence-electron chi connectivity index (χ2n) is 6.77. The molecule has 5 heteroatoms. The molecule has 0 saturated carbocycles. The van der Waals surface area contributed by atoms with E-state index in [2.05, 4.69) is 18.7 Å². The van der Waals surface area contributed by atoms with Crippen molar-refractivity contribution in [2.75, 3.05) is 19.7 Å². The zero-order chi connectivity index (χ0) is 16.3. The second kappa shape index (κ2) is 6.55. The Kier molecular flexibility index (Phi) is 4.94. The van der Waals surface area contributed by atoms with Crippen LogP contribution in [0.25, 0.3) is 0 Å². The minimum Gasteiger partial charge on any atom is -0.477 e. The Bertz CT molecular complexity index is 525. The lowest BCUT2D eigenvalue weighted by Crippen LogP contribution is -2.29. The zero-order valence-electron chi connectivity index (χ0n) is 13.6. The summed E-state index contributed by atoms with van der Waals surface area (Å²) < 4.78 is 4.93. The monoisotopic (exact) mass is 307 g/mol. The molecule has 2 rings (SSSR count). The van der Waals surface area contributed by atoms with Gasteiger partial charge in [0, 0.05) is 18.8 Å². The molecule has 0 radical (unpaired) electrons. The first-order chi connectivity index (χ1) is 10.3. The first kappa shape index (κ1) is 16.6. The predicted molar refractivity (Wildman–Crippen MR) is 83.2 cm³/mol. The Morgan fingerprint density at radius 3 is 2.45 bits per heavy atom. The van der Waals surface area contributed by atoms with Gasteiger partial charge in [-0.25, -0.2) is 9.59 Å². The summed E-state index contributed by atoms with van der Waals surface area (Å²) in [5.41, 5.74) is 1.46. The maximum Gasteiger partial charge on any atom is 0.345 e. The van der Waals surface area contributed by atoms with Gasteiger partial charge >= 0.3 is 11.9 Å². The molecule has 1 heterocycles. The molecule has 1 N–H and O–H groups in total. The van der Waals surface area contributed by atoms with Crippen LogP contribution in [0.15, 0.2) is 22.9 Å². The Morgan fingerprint density at radius 1 is 1.27 bits per heavy atom. The lowest BCUT2D eigenvalue weighted by Gasteiger charge is -2.36. The summed E-state index contributed by atoms with van der Waals surface area (Å²) in [5.74, 6) is -1.94. The molecule has 122 valence electrons. The Morgan fingerprint density at radius 2 is 1.91 bits per heavy atom. The van der Waals surface area contributed by atoms with Crippen molar-refractivity contribution in [2.24, 2.45) is 5.41 Å².